The molecule has 19 heavy (non-hydrogen) atoms. The number of ether oxygens (including phenoxy) is 1. The van der Waals surface area contributed by atoms with Gasteiger partial charge in [0.05, 0.1) is 25.4 Å². The lowest BCUT2D eigenvalue weighted by atomic mass is 10.0. The number of hydrogen-bond acceptors (Lipinski definition) is 4. The monoisotopic (exact) mass is 324 g/mol. The molecule has 0 bridgehead atoms. The predicted molar refractivity (Wildman–Crippen MR) is 77.0 cm³/mol. The molecule has 0 spiro atoms. The summed E-state index contributed by atoms with van der Waals surface area (Å²) in [6.45, 7) is 4.40. The zero-order valence-corrected chi connectivity index (χ0v) is 12.8. The fourth-order valence-corrected chi connectivity index (χ4v) is 2.12. The van der Waals surface area contributed by atoms with E-state index in [4.69, 9.17) is 10.5 Å². The first-order valence-corrected chi connectivity index (χ1v) is 6.71. The molecule has 2 rings (SSSR count). The molecule has 102 valence electrons. The second-order valence-corrected chi connectivity index (χ2v) is 5.89. The third-order valence-corrected chi connectivity index (χ3v) is 3.27. The molecule has 6 heteroatoms. The van der Waals surface area contributed by atoms with Crippen molar-refractivity contribution in [3.05, 3.63) is 40.1 Å². The van der Waals surface area contributed by atoms with Crippen LogP contribution in [0.5, 0.6) is 5.75 Å². The SMILES string of the molecule is COc1ccc(Br)cc1Cn1cc(C(C)(C)N)nn1. The molecule has 0 amide bonds. The maximum Gasteiger partial charge on any atom is 0.124 e. The topological polar surface area (TPSA) is 66.0 Å². The molecule has 1 aromatic heterocycles. The summed E-state index contributed by atoms with van der Waals surface area (Å²) >= 11 is 3.45. The Labute approximate surface area is 120 Å². The Balaban J connectivity index is 2.26. The van der Waals surface area contributed by atoms with Crippen LogP contribution in [0.25, 0.3) is 0 Å². The third-order valence-electron chi connectivity index (χ3n) is 2.77. The molecular weight excluding hydrogens is 308 g/mol. The molecule has 0 radical (unpaired) electrons. The summed E-state index contributed by atoms with van der Waals surface area (Å²) in [5, 5.41) is 8.20. The van der Waals surface area contributed by atoms with Crippen molar-refractivity contribution in [2.24, 2.45) is 5.73 Å². The van der Waals surface area contributed by atoms with Crippen LogP contribution in [0.1, 0.15) is 25.1 Å². The van der Waals surface area contributed by atoms with Crippen LogP contribution in [0.3, 0.4) is 0 Å². The quantitative estimate of drug-likeness (QED) is 0.937. The van der Waals surface area contributed by atoms with E-state index in [1.165, 1.54) is 0 Å². The number of nitrogens with two attached hydrogens (primary N) is 1. The second kappa shape index (κ2) is 5.30. The molecule has 5 nitrogen and oxygen atoms in total. The van der Waals surface area contributed by atoms with E-state index in [2.05, 4.69) is 26.2 Å². The van der Waals surface area contributed by atoms with Gasteiger partial charge in [0.25, 0.3) is 0 Å². The van der Waals surface area contributed by atoms with Crippen LogP contribution in [-0.4, -0.2) is 22.1 Å². The van der Waals surface area contributed by atoms with Crippen LogP contribution in [0.15, 0.2) is 28.9 Å². The Morgan fingerprint density at radius 1 is 1.42 bits per heavy atom. The zero-order valence-electron chi connectivity index (χ0n) is 11.2. The van der Waals surface area contributed by atoms with E-state index < -0.39 is 5.54 Å². The molecule has 1 aromatic carbocycles. The summed E-state index contributed by atoms with van der Waals surface area (Å²) in [6, 6.07) is 5.87. The molecule has 0 aliphatic heterocycles. The maximum atomic E-state index is 6.00. The highest BCUT2D eigenvalue weighted by atomic mass is 79.9. The number of rotatable bonds is 4. The van der Waals surface area contributed by atoms with Gasteiger partial charge in [-0.05, 0) is 32.0 Å². The van der Waals surface area contributed by atoms with E-state index >= 15 is 0 Å². The Kier molecular flexibility index (Phi) is 3.91. The van der Waals surface area contributed by atoms with Crippen LogP contribution < -0.4 is 10.5 Å². The highest BCUT2D eigenvalue weighted by Gasteiger charge is 2.18. The van der Waals surface area contributed by atoms with Gasteiger partial charge in [-0.25, -0.2) is 4.68 Å². The Bertz CT molecular complexity index is 574. The Hall–Kier alpha value is -1.40. The van der Waals surface area contributed by atoms with E-state index in [9.17, 15) is 0 Å². The predicted octanol–water partition coefficient (Wildman–Crippen LogP) is 2.29. The molecule has 2 N–H and O–H groups in total. The molecule has 0 fully saturated rings. The summed E-state index contributed by atoms with van der Waals surface area (Å²) in [7, 11) is 1.66. The molecule has 2 aromatic rings. The lowest BCUT2D eigenvalue weighted by molar-refractivity contribution is 0.407. The van der Waals surface area contributed by atoms with E-state index in [1.54, 1.807) is 11.8 Å². The molecule has 0 unspecified atom stereocenters. The number of nitrogens with zero attached hydrogens (tertiary/aromatic N) is 3. The number of aromatic nitrogens is 3. The normalized spacial score (nSPS) is 11.6. The van der Waals surface area contributed by atoms with Crippen molar-refractivity contribution < 1.29 is 4.74 Å². The van der Waals surface area contributed by atoms with Gasteiger partial charge < -0.3 is 10.5 Å². The fourth-order valence-electron chi connectivity index (χ4n) is 1.72. The van der Waals surface area contributed by atoms with E-state index in [0.29, 0.717) is 6.54 Å². The first-order valence-electron chi connectivity index (χ1n) is 5.92. The van der Waals surface area contributed by atoms with Gasteiger partial charge in [-0.1, -0.05) is 21.1 Å². The minimum Gasteiger partial charge on any atom is -0.496 e. The van der Waals surface area contributed by atoms with E-state index in [1.807, 2.05) is 38.2 Å². The van der Waals surface area contributed by atoms with Crippen LogP contribution in [0.4, 0.5) is 0 Å². The largest absolute Gasteiger partial charge is 0.496 e. The van der Waals surface area contributed by atoms with Crippen molar-refractivity contribution >= 4 is 15.9 Å². The van der Waals surface area contributed by atoms with Crippen molar-refractivity contribution in [2.45, 2.75) is 25.9 Å². The molecule has 0 saturated carbocycles. The lowest BCUT2D eigenvalue weighted by Crippen LogP contribution is -2.29. The summed E-state index contributed by atoms with van der Waals surface area (Å²) in [6.07, 6.45) is 1.86. The van der Waals surface area contributed by atoms with Gasteiger partial charge in [-0.2, -0.15) is 0 Å². The number of halogens is 1. The summed E-state index contributed by atoms with van der Waals surface area (Å²) in [5.41, 5.74) is 7.31. The summed E-state index contributed by atoms with van der Waals surface area (Å²) in [5.74, 6) is 0.826. The lowest BCUT2D eigenvalue weighted by Gasteiger charge is -2.13. The maximum absolute atomic E-state index is 6.00. The third kappa shape index (κ3) is 3.33. The minimum atomic E-state index is -0.487. The smallest absolute Gasteiger partial charge is 0.124 e. The van der Waals surface area contributed by atoms with E-state index in [0.717, 1.165) is 21.5 Å². The first kappa shape index (κ1) is 14.0. The highest BCUT2D eigenvalue weighted by Crippen LogP contribution is 2.24. The molecule has 0 aliphatic carbocycles. The molecule has 1 heterocycles. The average Bonchev–Trinajstić information content (AvgIpc) is 2.77. The van der Waals surface area contributed by atoms with Crippen LogP contribution >= 0.6 is 15.9 Å². The number of hydrogen-bond donors (Lipinski definition) is 1. The van der Waals surface area contributed by atoms with E-state index in [-0.39, 0.29) is 0 Å². The zero-order chi connectivity index (χ0) is 14.0. The Morgan fingerprint density at radius 2 is 2.16 bits per heavy atom. The van der Waals surface area contributed by atoms with Gasteiger partial charge in [0.1, 0.15) is 11.4 Å². The second-order valence-electron chi connectivity index (χ2n) is 4.98. The van der Waals surface area contributed by atoms with Crippen molar-refractivity contribution in [1.29, 1.82) is 0 Å². The van der Waals surface area contributed by atoms with Crippen LogP contribution in [0.2, 0.25) is 0 Å². The average molecular weight is 325 g/mol. The number of methoxy groups -OCH3 is 1. The van der Waals surface area contributed by atoms with Crippen molar-refractivity contribution in [3.8, 4) is 5.75 Å². The number of benzene rings is 1. The van der Waals surface area contributed by atoms with Gasteiger partial charge in [-0.3, -0.25) is 0 Å². The Morgan fingerprint density at radius 3 is 2.74 bits per heavy atom. The standard InChI is InChI=1S/C13H17BrN4O/c1-13(2,15)12-8-18(17-16-12)7-9-6-10(14)4-5-11(9)19-3/h4-6,8H,7,15H2,1-3H3. The van der Waals surface area contributed by atoms with Gasteiger partial charge >= 0.3 is 0 Å². The van der Waals surface area contributed by atoms with Crippen LogP contribution in [0, 0.1) is 0 Å². The van der Waals surface area contributed by atoms with Crippen LogP contribution in [-0.2, 0) is 12.1 Å². The summed E-state index contributed by atoms with van der Waals surface area (Å²) < 4.78 is 8.10. The van der Waals surface area contributed by atoms with Gasteiger partial charge in [0.15, 0.2) is 0 Å². The fraction of sp³-hybridized carbons (Fsp3) is 0.385. The minimum absolute atomic E-state index is 0.487. The highest BCUT2D eigenvalue weighted by molar-refractivity contribution is 9.10. The van der Waals surface area contributed by atoms with Gasteiger partial charge in [-0.15, -0.1) is 5.10 Å². The van der Waals surface area contributed by atoms with Gasteiger partial charge in [0.2, 0.25) is 0 Å². The molecular formula is C13H17BrN4O. The van der Waals surface area contributed by atoms with Gasteiger partial charge in [0, 0.05) is 10.0 Å². The van der Waals surface area contributed by atoms with Crippen molar-refractivity contribution in [1.82, 2.24) is 15.0 Å². The van der Waals surface area contributed by atoms with Crippen molar-refractivity contribution in [3.63, 3.8) is 0 Å². The van der Waals surface area contributed by atoms with Crippen molar-refractivity contribution in [2.75, 3.05) is 7.11 Å². The summed E-state index contributed by atoms with van der Waals surface area (Å²) in [4.78, 5) is 0. The molecule has 0 atom stereocenters. The molecule has 0 saturated heterocycles. The molecule has 0 aliphatic rings. The first-order chi connectivity index (χ1) is 8.90.